The van der Waals surface area contributed by atoms with Gasteiger partial charge in [-0.3, -0.25) is 9.59 Å². The molecule has 0 spiro atoms. The van der Waals surface area contributed by atoms with Crippen molar-refractivity contribution < 1.29 is 50.3 Å². The molecule has 4 N–H and O–H groups in total. The van der Waals surface area contributed by atoms with Crippen molar-refractivity contribution in [1.29, 1.82) is 0 Å². The van der Waals surface area contributed by atoms with Gasteiger partial charge in [0, 0.05) is 18.5 Å². The van der Waals surface area contributed by atoms with Gasteiger partial charge in [-0.1, -0.05) is 29.4 Å². The summed E-state index contributed by atoms with van der Waals surface area (Å²) >= 11 is 0. The Morgan fingerprint density at radius 2 is 1.71 bits per heavy atom. The van der Waals surface area contributed by atoms with Crippen molar-refractivity contribution in [3.63, 3.8) is 0 Å². The summed E-state index contributed by atoms with van der Waals surface area (Å²) in [6, 6.07) is 7.70. The molecule has 0 aliphatic carbocycles. The number of amides is 2. The Balaban J connectivity index is 1.54. The molecule has 1 heterocycles. The number of alkyl halides is 3. The number of aliphatic imine (C=N–C) groups is 1. The predicted octanol–water partition coefficient (Wildman–Crippen LogP) is 2.87. The van der Waals surface area contributed by atoms with Crippen molar-refractivity contribution in [2.75, 3.05) is 13.7 Å². The van der Waals surface area contributed by atoms with Gasteiger partial charge < -0.3 is 25.4 Å². The number of amidine groups is 1. The fourth-order valence-electron chi connectivity index (χ4n) is 3.88. The summed E-state index contributed by atoms with van der Waals surface area (Å²) in [6.45, 7) is 4.59. The number of oxime groups is 1. The molecule has 0 aromatic heterocycles. The largest absolute Gasteiger partial charge is 0.468 e. The van der Waals surface area contributed by atoms with Crippen LogP contribution in [-0.2, 0) is 40.1 Å². The molecule has 2 amide bonds. The van der Waals surface area contributed by atoms with Gasteiger partial charge in [0.1, 0.15) is 23.6 Å². The molecule has 17 heteroatoms. The molecule has 13 nitrogen and oxygen atoms in total. The normalized spacial score (nSPS) is 16.3. The van der Waals surface area contributed by atoms with Gasteiger partial charge in [-0.05, 0) is 50.6 Å². The number of ether oxygens (including phenoxy) is 2. The van der Waals surface area contributed by atoms with Crippen molar-refractivity contribution in [3.8, 4) is 0 Å². The highest BCUT2D eigenvalue weighted by Gasteiger charge is 2.32. The molecule has 1 aliphatic heterocycles. The van der Waals surface area contributed by atoms with Crippen LogP contribution < -0.4 is 15.8 Å². The second kappa shape index (κ2) is 14.1. The van der Waals surface area contributed by atoms with Crippen LogP contribution in [0.5, 0.6) is 0 Å². The zero-order valence-corrected chi connectivity index (χ0v) is 25.5. The van der Waals surface area contributed by atoms with Crippen LogP contribution in [0.15, 0.2) is 63.6 Å². The van der Waals surface area contributed by atoms with Crippen LogP contribution in [0.25, 0.3) is 0 Å². The quantitative estimate of drug-likeness (QED) is 0.196. The summed E-state index contributed by atoms with van der Waals surface area (Å²) in [7, 11) is -3.45. The molecule has 244 valence electrons. The lowest BCUT2D eigenvalue weighted by atomic mass is 10.0. The van der Waals surface area contributed by atoms with Gasteiger partial charge in [0.25, 0.3) is 0 Å². The first kappa shape index (κ1) is 35.0. The Kier molecular flexibility index (Phi) is 10.9. The second-order valence-electron chi connectivity index (χ2n) is 10.8. The zero-order valence-electron chi connectivity index (χ0n) is 24.7. The molecule has 45 heavy (non-hydrogen) atoms. The number of carbonyl (C=O) groups excluding carboxylic acids is 3. The molecule has 2 atom stereocenters. The van der Waals surface area contributed by atoms with Crippen LogP contribution >= 0.6 is 0 Å². The molecule has 1 unspecified atom stereocenters. The third-order valence-electron chi connectivity index (χ3n) is 6.04. The number of hydrogen-bond acceptors (Lipinski definition) is 9. The fourth-order valence-corrected chi connectivity index (χ4v) is 5.06. The maximum Gasteiger partial charge on any atom is 0.436 e. The topological polar surface area (TPSA) is 188 Å². The summed E-state index contributed by atoms with van der Waals surface area (Å²) in [4.78, 5) is 45.2. The first-order valence-electron chi connectivity index (χ1n) is 13.3. The Bertz CT molecular complexity index is 1570. The molecule has 2 aromatic rings. The minimum Gasteiger partial charge on any atom is -0.468 e. The monoisotopic (exact) mass is 655 g/mol. The Morgan fingerprint density at radius 1 is 1.09 bits per heavy atom. The van der Waals surface area contributed by atoms with Gasteiger partial charge in [0.05, 0.1) is 29.7 Å². The average Bonchev–Trinajstić information content (AvgIpc) is 3.41. The number of carbonyl (C=O) groups is 3. The van der Waals surface area contributed by atoms with E-state index in [1.165, 1.54) is 0 Å². The zero-order chi connectivity index (χ0) is 33.6. The highest BCUT2D eigenvalue weighted by molar-refractivity contribution is 7.89. The number of halogens is 3. The van der Waals surface area contributed by atoms with Crippen LogP contribution in [-0.4, -0.2) is 69.3 Å². The number of benzene rings is 2. The SMILES string of the molecule is COC(=O)[C@H](CNC(=O)CC1CC(c2ccc(/C(N)=N\C(=O)OC(C)(C)C)cc2)=NO1)NS(=O)(=O)c1ccc(C(F)(F)F)cc1. The van der Waals surface area contributed by atoms with E-state index < -0.39 is 68.9 Å². The lowest BCUT2D eigenvalue weighted by Gasteiger charge is -2.18. The third kappa shape index (κ3) is 10.3. The third-order valence-corrected chi connectivity index (χ3v) is 7.53. The van der Waals surface area contributed by atoms with E-state index in [1.54, 1.807) is 45.0 Å². The van der Waals surface area contributed by atoms with E-state index in [-0.39, 0.29) is 18.7 Å². The van der Waals surface area contributed by atoms with E-state index in [0.717, 1.165) is 19.2 Å². The molecule has 0 bridgehead atoms. The van der Waals surface area contributed by atoms with Crippen molar-refractivity contribution in [3.05, 3.63) is 65.2 Å². The summed E-state index contributed by atoms with van der Waals surface area (Å²) < 4.78 is 75.6. The molecule has 0 fully saturated rings. The maximum absolute atomic E-state index is 12.8. The fraction of sp³-hybridized carbons (Fsp3) is 0.393. The summed E-state index contributed by atoms with van der Waals surface area (Å²) in [5.74, 6) is -1.67. The van der Waals surface area contributed by atoms with E-state index in [9.17, 15) is 36.0 Å². The minimum absolute atomic E-state index is 0.0399. The smallest absolute Gasteiger partial charge is 0.436 e. The molecule has 0 saturated heterocycles. The summed E-state index contributed by atoms with van der Waals surface area (Å²) in [5, 5.41) is 6.43. The standard InChI is InChI=1S/C28H32F3N5O8S/c1-27(2,3)43-26(39)34-24(32)17-7-5-16(6-8-17)21-13-19(44-35-21)14-23(37)33-15-22(25(38)42-4)36-45(40,41)20-11-9-18(10-12-20)28(29,30)31/h5-12,19,22,36H,13-15H2,1-4H3,(H,33,37)(H2,32,34,39)/t19?,22-/m0/s1. The Hall–Kier alpha value is -4.51. The molecule has 0 radical (unpaired) electrons. The number of hydrogen-bond donors (Lipinski definition) is 3. The van der Waals surface area contributed by atoms with E-state index in [1.807, 2.05) is 4.72 Å². The molecule has 3 rings (SSSR count). The summed E-state index contributed by atoms with van der Waals surface area (Å²) in [6.07, 6.45) is -6.11. The van der Waals surface area contributed by atoms with Gasteiger partial charge in [0.2, 0.25) is 15.9 Å². The number of methoxy groups -OCH3 is 1. The van der Waals surface area contributed by atoms with E-state index in [0.29, 0.717) is 29.0 Å². The number of nitrogens with one attached hydrogen (secondary N) is 2. The van der Waals surface area contributed by atoms with Crippen molar-refractivity contribution >= 4 is 39.5 Å². The Morgan fingerprint density at radius 3 is 2.27 bits per heavy atom. The first-order chi connectivity index (χ1) is 20.9. The molecule has 2 aromatic carbocycles. The Labute approximate surface area is 257 Å². The van der Waals surface area contributed by atoms with Crippen molar-refractivity contribution in [2.24, 2.45) is 15.9 Å². The predicted molar refractivity (Wildman–Crippen MR) is 155 cm³/mol. The lowest BCUT2D eigenvalue weighted by molar-refractivity contribution is -0.142. The van der Waals surface area contributed by atoms with Gasteiger partial charge in [-0.15, -0.1) is 0 Å². The number of nitrogens with two attached hydrogens (primary N) is 1. The number of sulfonamides is 1. The number of rotatable bonds is 10. The van der Waals surface area contributed by atoms with Crippen molar-refractivity contribution in [2.45, 2.75) is 62.4 Å². The van der Waals surface area contributed by atoms with Crippen LogP contribution in [0.4, 0.5) is 18.0 Å². The van der Waals surface area contributed by atoms with Crippen LogP contribution in [0.3, 0.4) is 0 Å². The van der Waals surface area contributed by atoms with Gasteiger partial charge in [-0.25, -0.2) is 13.2 Å². The second-order valence-corrected chi connectivity index (χ2v) is 12.5. The van der Waals surface area contributed by atoms with E-state index >= 15 is 0 Å². The highest BCUT2D eigenvalue weighted by Crippen LogP contribution is 2.29. The summed E-state index contributed by atoms with van der Waals surface area (Å²) in [5.41, 5.74) is 5.78. The van der Waals surface area contributed by atoms with E-state index in [4.69, 9.17) is 15.3 Å². The molecule has 0 saturated carbocycles. The maximum atomic E-state index is 12.8. The van der Waals surface area contributed by atoms with Crippen LogP contribution in [0, 0.1) is 0 Å². The first-order valence-corrected chi connectivity index (χ1v) is 14.8. The minimum atomic E-state index is -4.66. The van der Waals surface area contributed by atoms with Crippen molar-refractivity contribution in [1.82, 2.24) is 10.0 Å². The average molecular weight is 656 g/mol. The highest BCUT2D eigenvalue weighted by atomic mass is 32.2. The van der Waals surface area contributed by atoms with Crippen LogP contribution in [0.2, 0.25) is 0 Å². The lowest BCUT2D eigenvalue weighted by Crippen LogP contribution is -2.49. The molecule has 1 aliphatic rings. The number of esters is 1. The van der Waals surface area contributed by atoms with Crippen LogP contribution in [0.1, 0.15) is 50.3 Å². The number of nitrogens with zero attached hydrogens (tertiary/aromatic N) is 2. The van der Waals surface area contributed by atoms with E-state index in [2.05, 4.69) is 20.2 Å². The molecular weight excluding hydrogens is 623 g/mol. The van der Waals surface area contributed by atoms with Gasteiger partial charge >= 0.3 is 18.2 Å². The van der Waals surface area contributed by atoms with Gasteiger partial charge in [0.15, 0.2) is 0 Å². The molecular formula is C28H32F3N5O8S. The van der Waals surface area contributed by atoms with Gasteiger partial charge in [-0.2, -0.15) is 22.9 Å².